The second kappa shape index (κ2) is 4.22. The fourth-order valence-corrected chi connectivity index (χ4v) is 1.71. The van der Waals surface area contributed by atoms with Crippen molar-refractivity contribution in [2.24, 2.45) is 0 Å². The van der Waals surface area contributed by atoms with Crippen LogP contribution in [0, 0.1) is 0 Å². The largest absolute Gasteiger partial charge is 0.159 e. The Morgan fingerprint density at radius 2 is 1.80 bits per heavy atom. The van der Waals surface area contributed by atoms with Crippen molar-refractivity contribution in [1.29, 1.82) is 0 Å². The Morgan fingerprint density at radius 3 is 2.47 bits per heavy atom. The Morgan fingerprint density at radius 1 is 1.00 bits per heavy atom. The first-order chi connectivity index (χ1) is 7.29. The molecule has 76 valence electrons. The van der Waals surface area contributed by atoms with Crippen LogP contribution in [0.3, 0.4) is 0 Å². The summed E-state index contributed by atoms with van der Waals surface area (Å²) in [7, 11) is 0. The first-order valence-corrected chi connectivity index (χ1v) is 5.15. The highest BCUT2D eigenvalue weighted by Crippen LogP contribution is 2.27. The van der Waals surface area contributed by atoms with Crippen LogP contribution < -0.4 is 0 Å². The fraction of sp³-hybridized carbons (Fsp3) is 0.231. The van der Waals surface area contributed by atoms with E-state index in [0.29, 0.717) is 5.92 Å². The maximum atomic E-state index is 3.91. The van der Waals surface area contributed by atoms with E-state index in [2.05, 4.69) is 48.3 Å². The summed E-state index contributed by atoms with van der Waals surface area (Å²) in [6.45, 7) is 4.40. The molecule has 0 atom stereocenters. The molecule has 0 aliphatic rings. The van der Waals surface area contributed by atoms with E-state index in [-0.39, 0.29) is 0 Å². The molecule has 0 radical (unpaired) electrons. The molecule has 0 N–H and O–H groups in total. The van der Waals surface area contributed by atoms with Gasteiger partial charge in [-0.3, -0.25) is 0 Å². The normalized spacial score (nSPS) is 10.6. The monoisotopic (exact) mass is 198 g/mol. The Hall–Kier alpha value is -1.70. The molecule has 0 bridgehead atoms. The van der Waals surface area contributed by atoms with E-state index in [1.165, 1.54) is 11.1 Å². The quantitative estimate of drug-likeness (QED) is 0.740. The second-order valence-corrected chi connectivity index (χ2v) is 3.87. The van der Waals surface area contributed by atoms with Crippen molar-refractivity contribution in [1.82, 2.24) is 10.2 Å². The fourth-order valence-electron chi connectivity index (χ4n) is 1.71. The van der Waals surface area contributed by atoms with E-state index in [0.717, 1.165) is 5.56 Å². The van der Waals surface area contributed by atoms with E-state index in [4.69, 9.17) is 0 Å². The van der Waals surface area contributed by atoms with Crippen molar-refractivity contribution in [2.45, 2.75) is 19.8 Å². The maximum absolute atomic E-state index is 3.91. The molecule has 0 fully saturated rings. The molecular formula is C13H14N2. The third-order valence-electron chi connectivity index (χ3n) is 2.48. The number of rotatable bonds is 2. The van der Waals surface area contributed by atoms with Crippen molar-refractivity contribution >= 4 is 0 Å². The van der Waals surface area contributed by atoms with Gasteiger partial charge in [0, 0.05) is 5.56 Å². The number of hydrogen-bond donors (Lipinski definition) is 0. The average Bonchev–Trinajstić information content (AvgIpc) is 2.30. The molecule has 0 aliphatic carbocycles. The molecule has 2 rings (SSSR count). The van der Waals surface area contributed by atoms with Gasteiger partial charge >= 0.3 is 0 Å². The summed E-state index contributed by atoms with van der Waals surface area (Å²) >= 11 is 0. The van der Waals surface area contributed by atoms with Crippen LogP contribution in [0.4, 0.5) is 0 Å². The molecule has 1 aromatic carbocycles. The van der Waals surface area contributed by atoms with Crippen molar-refractivity contribution < 1.29 is 0 Å². The lowest BCUT2D eigenvalue weighted by molar-refractivity contribution is 0.868. The topological polar surface area (TPSA) is 25.8 Å². The molecule has 0 spiro atoms. The summed E-state index contributed by atoms with van der Waals surface area (Å²) in [5.74, 6) is 0.523. The van der Waals surface area contributed by atoms with Gasteiger partial charge in [0.05, 0.1) is 12.4 Å². The van der Waals surface area contributed by atoms with E-state index >= 15 is 0 Å². The minimum atomic E-state index is 0.523. The van der Waals surface area contributed by atoms with Crippen LogP contribution in [0.25, 0.3) is 11.1 Å². The maximum Gasteiger partial charge on any atom is 0.0574 e. The number of nitrogens with zero attached hydrogens (tertiary/aromatic N) is 2. The summed E-state index contributed by atoms with van der Waals surface area (Å²) in [5, 5.41) is 7.71. The first kappa shape index (κ1) is 9.84. The second-order valence-electron chi connectivity index (χ2n) is 3.87. The molecular weight excluding hydrogens is 184 g/mol. The molecule has 0 saturated heterocycles. The summed E-state index contributed by atoms with van der Waals surface area (Å²) < 4.78 is 0. The van der Waals surface area contributed by atoms with Crippen LogP contribution in [0.2, 0.25) is 0 Å². The lowest BCUT2D eigenvalue weighted by Gasteiger charge is -2.11. The molecule has 0 unspecified atom stereocenters. The van der Waals surface area contributed by atoms with Crippen LogP contribution in [-0.4, -0.2) is 10.2 Å². The van der Waals surface area contributed by atoms with Crippen molar-refractivity contribution in [3.05, 3.63) is 48.3 Å². The Balaban J connectivity index is 2.53. The van der Waals surface area contributed by atoms with Gasteiger partial charge in [-0.25, -0.2) is 0 Å². The highest BCUT2D eigenvalue weighted by Gasteiger charge is 2.07. The van der Waals surface area contributed by atoms with E-state index in [1.54, 1.807) is 12.4 Å². The molecule has 0 aliphatic heterocycles. The van der Waals surface area contributed by atoms with E-state index in [1.807, 2.05) is 6.07 Å². The number of hydrogen-bond acceptors (Lipinski definition) is 2. The lowest BCUT2D eigenvalue weighted by atomic mass is 9.94. The Labute approximate surface area is 90.0 Å². The van der Waals surface area contributed by atoms with Crippen LogP contribution in [0.1, 0.15) is 25.3 Å². The van der Waals surface area contributed by atoms with Gasteiger partial charge in [0.15, 0.2) is 0 Å². The van der Waals surface area contributed by atoms with Crippen molar-refractivity contribution in [3.8, 4) is 11.1 Å². The Kier molecular flexibility index (Phi) is 2.77. The lowest BCUT2D eigenvalue weighted by Crippen LogP contribution is -1.92. The third-order valence-corrected chi connectivity index (χ3v) is 2.48. The molecule has 1 heterocycles. The zero-order valence-electron chi connectivity index (χ0n) is 9.01. The minimum absolute atomic E-state index is 0.523. The molecule has 2 aromatic rings. The van der Waals surface area contributed by atoms with Gasteiger partial charge in [-0.05, 0) is 23.1 Å². The smallest absolute Gasteiger partial charge is 0.0574 e. The first-order valence-electron chi connectivity index (χ1n) is 5.15. The summed E-state index contributed by atoms with van der Waals surface area (Å²) in [4.78, 5) is 0. The van der Waals surface area contributed by atoms with Gasteiger partial charge in [-0.2, -0.15) is 10.2 Å². The molecule has 2 heteroatoms. The number of benzene rings is 1. The van der Waals surface area contributed by atoms with E-state index in [9.17, 15) is 0 Å². The van der Waals surface area contributed by atoms with Gasteiger partial charge in [0.25, 0.3) is 0 Å². The van der Waals surface area contributed by atoms with Gasteiger partial charge in [-0.1, -0.05) is 38.1 Å². The Bertz CT molecular complexity index is 435. The average molecular weight is 198 g/mol. The zero-order valence-corrected chi connectivity index (χ0v) is 9.01. The molecule has 2 nitrogen and oxygen atoms in total. The van der Waals surface area contributed by atoms with Crippen LogP contribution in [0.5, 0.6) is 0 Å². The van der Waals surface area contributed by atoms with Crippen LogP contribution >= 0.6 is 0 Å². The highest BCUT2D eigenvalue weighted by molar-refractivity contribution is 5.66. The summed E-state index contributed by atoms with van der Waals surface area (Å²) in [5.41, 5.74) is 3.74. The van der Waals surface area contributed by atoms with Crippen molar-refractivity contribution in [2.75, 3.05) is 0 Å². The number of aromatic nitrogens is 2. The molecule has 0 saturated carbocycles. The predicted octanol–water partition coefficient (Wildman–Crippen LogP) is 3.27. The molecule has 1 aromatic heterocycles. The van der Waals surface area contributed by atoms with Crippen LogP contribution in [-0.2, 0) is 0 Å². The van der Waals surface area contributed by atoms with Crippen molar-refractivity contribution in [3.63, 3.8) is 0 Å². The third kappa shape index (κ3) is 2.04. The van der Waals surface area contributed by atoms with E-state index < -0.39 is 0 Å². The van der Waals surface area contributed by atoms with Gasteiger partial charge in [-0.15, -0.1) is 0 Å². The molecule has 0 amide bonds. The standard InChI is InChI=1S/C13H14N2/c1-10(2)12-5-3-4-6-13(12)11-7-8-14-15-9-11/h3-10H,1-2H3. The predicted molar refractivity (Wildman–Crippen MR) is 61.6 cm³/mol. The van der Waals surface area contributed by atoms with Crippen LogP contribution in [0.15, 0.2) is 42.7 Å². The SMILES string of the molecule is CC(C)c1ccccc1-c1ccnnc1. The molecule has 15 heavy (non-hydrogen) atoms. The summed E-state index contributed by atoms with van der Waals surface area (Å²) in [6, 6.07) is 10.4. The highest BCUT2D eigenvalue weighted by atomic mass is 15.1. The van der Waals surface area contributed by atoms with Gasteiger partial charge in [0.2, 0.25) is 0 Å². The zero-order chi connectivity index (χ0) is 10.7. The van der Waals surface area contributed by atoms with Gasteiger partial charge < -0.3 is 0 Å². The minimum Gasteiger partial charge on any atom is -0.159 e. The van der Waals surface area contributed by atoms with Gasteiger partial charge in [0.1, 0.15) is 0 Å². The summed E-state index contributed by atoms with van der Waals surface area (Å²) in [6.07, 6.45) is 3.54.